The summed E-state index contributed by atoms with van der Waals surface area (Å²) in [5, 5.41) is 40.5. The van der Waals surface area contributed by atoms with Crippen LogP contribution in [0.4, 0.5) is 0 Å². The van der Waals surface area contributed by atoms with Crippen molar-refractivity contribution in [2.24, 2.45) is 10.3 Å². The van der Waals surface area contributed by atoms with Crippen molar-refractivity contribution in [1.29, 1.82) is 0 Å². The molecule has 0 radical (unpaired) electrons. The van der Waals surface area contributed by atoms with Gasteiger partial charge in [0.2, 0.25) is 0 Å². The number of phenolic OH excluding ortho intramolecular Hbond substituents is 2. The van der Waals surface area contributed by atoms with E-state index in [-0.39, 0.29) is 11.5 Å². The molecule has 4 N–H and O–H groups in total. The molecule has 0 saturated heterocycles. The summed E-state index contributed by atoms with van der Waals surface area (Å²) >= 11 is 4.44. The van der Waals surface area contributed by atoms with E-state index in [4.69, 9.17) is 20.6 Å². The molecule has 0 aliphatic heterocycles. The fourth-order valence-corrected chi connectivity index (χ4v) is 1.39. The first-order valence-corrected chi connectivity index (χ1v) is 10.5. The van der Waals surface area contributed by atoms with Gasteiger partial charge < -0.3 is 20.6 Å². The Bertz CT molecular complexity index is 607. The third-order valence-corrected chi connectivity index (χ3v) is 2.67. The van der Waals surface area contributed by atoms with Gasteiger partial charge in [-0.25, -0.2) is 0 Å². The van der Waals surface area contributed by atoms with Crippen LogP contribution in [0.15, 0.2) is 46.7 Å². The van der Waals surface area contributed by atoms with Crippen molar-refractivity contribution in [1.82, 2.24) is 0 Å². The summed E-state index contributed by atoms with van der Waals surface area (Å²) in [5.41, 5.74) is 2.30. The molecular formula is C16H16Cl2N2O4Pd2. The number of rotatable bonds is 2. The zero-order valence-electron chi connectivity index (χ0n) is 13.5. The molecule has 0 aliphatic rings. The number of halogens is 2. The van der Waals surface area contributed by atoms with E-state index >= 15 is 0 Å². The number of phenols is 2. The Morgan fingerprint density at radius 2 is 1.08 bits per heavy atom. The molecule has 0 atom stereocenters. The molecule has 0 saturated carbocycles. The Morgan fingerprint density at radius 1 is 0.769 bits per heavy atom. The average Bonchev–Trinajstić information content (AvgIpc) is 2.71. The second-order valence-corrected chi connectivity index (χ2v) is 4.29. The van der Waals surface area contributed by atoms with Gasteiger partial charge in [-0.05, 0) is 0 Å². The fraction of sp³-hybridized carbons (Fsp3) is 0.125. The normalized spacial score (nSPS) is 10.3. The standard InChI is InChI=1S/2C8H8NO2.2ClH.2Pd/c2*1-6(9-11)7-2-4-8(10)5-3-7;;;;/h2*2,4-5,10-11H,1H3;2*1H;;/q2*-1;;;2*+2/p-2/b2*9-6-;;;;. The minimum atomic E-state index is 0.152. The molecule has 2 aromatic rings. The Kier molecular flexibility index (Phi) is 18.0. The van der Waals surface area contributed by atoms with Gasteiger partial charge in [0.1, 0.15) is 0 Å². The van der Waals surface area contributed by atoms with Gasteiger partial charge in [0, 0.05) is 22.9 Å². The molecule has 148 valence electrons. The molecule has 6 nitrogen and oxygen atoms in total. The van der Waals surface area contributed by atoms with E-state index in [1.165, 1.54) is 24.3 Å². The van der Waals surface area contributed by atoms with E-state index in [9.17, 15) is 0 Å². The van der Waals surface area contributed by atoms with E-state index in [2.05, 4.69) is 77.9 Å². The quantitative estimate of drug-likeness (QED) is 0.140. The monoisotopic (exact) mass is 582 g/mol. The van der Waals surface area contributed by atoms with Crippen LogP contribution in [0.2, 0.25) is 0 Å². The van der Waals surface area contributed by atoms with Gasteiger partial charge in [-0.1, -0.05) is 13.8 Å². The summed E-state index contributed by atoms with van der Waals surface area (Å²) in [6, 6.07) is 14.6. The first-order chi connectivity index (χ1) is 12.5. The first kappa shape index (κ1) is 27.1. The Labute approximate surface area is 181 Å². The summed E-state index contributed by atoms with van der Waals surface area (Å²) in [7, 11) is 8.98. The van der Waals surface area contributed by atoms with Crippen molar-refractivity contribution >= 4 is 30.5 Å². The summed E-state index contributed by atoms with van der Waals surface area (Å²) in [6.45, 7) is 3.31. The number of hydrogen-bond donors (Lipinski definition) is 4. The number of nitrogens with zero attached hydrogens (tertiary/aromatic N) is 2. The van der Waals surface area contributed by atoms with Crippen LogP contribution < -0.4 is 0 Å². The van der Waals surface area contributed by atoms with E-state index in [0.717, 1.165) is 0 Å². The molecule has 0 aliphatic carbocycles. The molecule has 2 aromatic carbocycles. The summed E-state index contributed by atoms with van der Waals surface area (Å²) in [6.07, 6.45) is 0. The minimum absolute atomic E-state index is 0.152. The second-order valence-electron chi connectivity index (χ2n) is 4.29. The van der Waals surface area contributed by atoms with Gasteiger partial charge >= 0.3 is 55.4 Å². The van der Waals surface area contributed by atoms with Crippen LogP contribution in [0.5, 0.6) is 11.5 Å². The van der Waals surface area contributed by atoms with E-state index in [1.807, 2.05) is 0 Å². The molecule has 0 amide bonds. The van der Waals surface area contributed by atoms with Gasteiger partial charge in [-0.15, -0.1) is 70.0 Å². The zero-order valence-corrected chi connectivity index (χ0v) is 18.2. The van der Waals surface area contributed by atoms with Gasteiger partial charge in [0.05, 0.1) is 0 Å². The fourth-order valence-electron chi connectivity index (χ4n) is 1.39. The van der Waals surface area contributed by atoms with Gasteiger partial charge in [0.15, 0.2) is 0 Å². The van der Waals surface area contributed by atoms with Crippen LogP contribution in [0.25, 0.3) is 0 Å². The van der Waals surface area contributed by atoms with Crippen molar-refractivity contribution in [3.05, 3.63) is 59.7 Å². The molecule has 0 heterocycles. The Morgan fingerprint density at radius 3 is 1.27 bits per heavy atom. The van der Waals surface area contributed by atoms with E-state index in [0.29, 0.717) is 22.6 Å². The van der Waals surface area contributed by atoms with Gasteiger partial charge in [0.25, 0.3) is 0 Å². The van der Waals surface area contributed by atoms with Crippen LogP contribution >= 0.6 is 19.1 Å². The third-order valence-electron chi connectivity index (χ3n) is 2.67. The number of benzene rings is 2. The Hall–Kier alpha value is -1.12. The van der Waals surface area contributed by atoms with Gasteiger partial charge in [-0.3, -0.25) is 0 Å². The number of hydrogen-bond acceptors (Lipinski definition) is 6. The summed E-state index contributed by atoms with van der Waals surface area (Å²) in [4.78, 5) is 0. The van der Waals surface area contributed by atoms with Crippen LogP contribution in [0.3, 0.4) is 0 Å². The van der Waals surface area contributed by atoms with Crippen LogP contribution in [-0.2, 0) is 36.4 Å². The molecular weight excluding hydrogens is 568 g/mol. The molecule has 10 heteroatoms. The van der Waals surface area contributed by atoms with Crippen molar-refractivity contribution in [2.75, 3.05) is 0 Å². The Balaban J connectivity index is 0. The van der Waals surface area contributed by atoms with Crippen LogP contribution in [-0.4, -0.2) is 32.1 Å². The maximum absolute atomic E-state index is 8.88. The topological polar surface area (TPSA) is 106 Å². The van der Waals surface area contributed by atoms with Crippen molar-refractivity contribution in [3.8, 4) is 11.5 Å². The molecule has 2 rings (SSSR count). The van der Waals surface area contributed by atoms with Crippen molar-refractivity contribution in [2.45, 2.75) is 13.8 Å². The molecule has 0 bridgehead atoms. The molecule has 26 heavy (non-hydrogen) atoms. The molecule has 0 unspecified atom stereocenters. The van der Waals surface area contributed by atoms with E-state index in [1.54, 1.807) is 26.0 Å². The summed E-state index contributed by atoms with van der Waals surface area (Å²) < 4.78 is 0. The second kappa shape index (κ2) is 17.3. The number of oxime groups is 2. The van der Waals surface area contributed by atoms with Crippen molar-refractivity contribution in [3.63, 3.8) is 0 Å². The number of aromatic hydroxyl groups is 2. The van der Waals surface area contributed by atoms with Crippen molar-refractivity contribution < 1.29 is 57.0 Å². The first-order valence-electron chi connectivity index (χ1n) is 6.51. The molecule has 0 aromatic heterocycles. The third kappa shape index (κ3) is 11.5. The van der Waals surface area contributed by atoms with Crippen LogP contribution in [0.1, 0.15) is 25.0 Å². The zero-order chi connectivity index (χ0) is 20.5. The maximum atomic E-state index is 8.88. The predicted molar refractivity (Wildman–Crippen MR) is 93.6 cm³/mol. The van der Waals surface area contributed by atoms with Crippen LogP contribution in [0, 0.1) is 12.1 Å². The SMILES string of the molecule is C/C(=N/O)c1[c-]cc(O)cc1.C/C(=N/O)c1[c-]cc(O)cc1.[Cl][Pd+].[Cl][Pd+]. The average molecular weight is 584 g/mol. The van der Waals surface area contributed by atoms with E-state index < -0.39 is 0 Å². The predicted octanol–water partition coefficient (Wildman–Crippen LogP) is 4.16. The molecule has 0 spiro atoms. The summed E-state index contributed by atoms with van der Waals surface area (Å²) in [5.74, 6) is 0.305. The van der Waals surface area contributed by atoms with Gasteiger partial charge in [-0.2, -0.15) is 0 Å². The molecule has 0 fully saturated rings.